The summed E-state index contributed by atoms with van der Waals surface area (Å²) in [5.74, 6) is 0.870. The quantitative estimate of drug-likeness (QED) is 0.874. The molecule has 1 fully saturated rings. The van der Waals surface area contributed by atoms with E-state index in [9.17, 15) is 0 Å². The van der Waals surface area contributed by atoms with Crippen LogP contribution >= 0.6 is 11.6 Å². The summed E-state index contributed by atoms with van der Waals surface area (Å²) in [6.45, 7) is 6.84. The molecular formula is C17H27ClN2O. The Balaban J connectivity index is 2.19. The minimum Gasteiger partial charge on any atom is -0.496 e. The molecule has 2 N–H and O–H groups in total. The molecule has 4 heteroatoms. The van der Waals surface area contributed by atoms with Crippen LogP contribution in [-0.2, 0) is 6.42 Å². The lowest BCUT2D eigenvalue weighted by molar-refractivity contribution is 0.0996. The third kappa shape index (κ3) is 3.53. The molecule has 1 aliphatic heterocycles. The zero-order chi connectivity index (χ0) is 15.5. The van der Waals surface area contributed by atoms with E-state index in [0.717, 1.165) is 42.3 Å². The minimum absolute atomic E-state index is 0.0316. The van der Waals surface area contributed by atoms with Crippen molar-refractivity contribution in [2.45, 2.75) is 51.1 Å². The number of halogens is 1. The van der Waals surface area contributed by atoms with E-state index in [0.29, 0.717) is 0 Å². The van der Waals surface area contributed by atoms with E-state index < -0.39 is 0 Å². The molecule has 1 aromatic carbocycles. The molecule has 3 nitrogen and oxygen atoms in total. The van der Waals surface area contributed by atoms with E-state index in [1.54, 1.807) is 7.11 Å². The average molecular weight is 311 g/mol. The van der Waals surface area contributed by atoms with Crippen molar-refractivity contribution in [3.8, 4) is 5.75 Å². The van der Waals surface area contributed by atoms with Crippen LogP contribution in [0.25, 0.3) is 0 Å². The summed E-state index contributed by atoms with van der Waals surface area (Å²) < 4.78 is 5.45. The largest absolute Gasteiger partial charge is 0.496 e. The Morgan fingerprint density at radius 1 is 1.38 bits per heavy atom. The first-order valence-corrected chi connectivity index (χ1v) is 8.22. The Morgan fingerprint density at radius 3 is 2.62 bits per heavy atom. The fourth-order valence-corrected chi connectivity index (χ4v) is 3.51. The zero-order valence-corrected chi connectivity index (χ0v) is 14.1. The first-order chi connectivity index (χ1) is 10.0. The molecule has 0 amide bonds. The maximum absolute atomic E-state index is 6.61. The van der Waals surface area contributed by atoms with Gasteiger partial charge in [-0.05, 0) is 69.5 Å². The smallest absolute Gasteiger partial charge is 0.122 e. The predicted octanol–water partition coefficient (Wildman–Crippen LogP) is 3.48. The van der Waals surface area contributed by atoms with Crippen LogP contribution in [0.1, 0.15) is 38.7 Å². The summed E-state index contributed by atoms with van der Waals surface area (Å²) in [5, 5.41) is 0.734. The molecule has 0 aliphatic carbocycles. The summed E-state index contributed by atoms with van der Waals surface area (Å²) in [4.78, 5) is 2.55. The van der Waals surface area contributed by atoms with Crippen molar-refractivity contribution in [3.63, 3.8) is 0 Å². The van der Waals surface area contributed by atoms with Crippen LogP contribution in [0.15, 0.2) is 18.2 Å². The Bertz CT molecular complexity index is 474. The SMILES string of the molecule is CCC(C)(C(N)Cc1cc(Cl)ccc1OC)N1CCCC1. The fourth-order valence-electron chi connectivity index (χ4n) is 3.31. The van der Waals surface area contributed by atoms with Crippen molar-refractivity contribution >= 4 is 11.6 Å². The molecule has 0 aromatic heterocycles. The first-order valence-electron chi connectivity index (χ1n) is 7.84. The fraction of sp³-hybridized carbons (Fsp3) is 0.647. The predicted molar refractivity (Wildman–Crippen MR) is 89.2 cm³/mol. The molecule has 2 rings (SSSR count). The van der Waals surface area contributed by atoms with E-state index in [1.807, 2.05) is 18.2 Å². The van der Waals surface area contributed by atoms with E-state index in [4.69, 9.17) is 22.1 Å². The highest BCUT2D eigenvalue weighted by atomic mass is 35.5. The summed E-state index contributed by atoms with van der Waals surface area (Å²) >= 11 is 6.13. The highest BCUT2D eigenvalue weighted by Crippen LogP contribution is 2.31. The van der Waals surface area contributed by atoms with Gasteiger partial charge in [0.05, 0.1) is 7.11 Å². The number of rotatable bonds is 6. The van der Waals surface area contributed by atoms with E-state index >= 15 is 0 Å². The minimum atomic E-state index is 0.0316. The van der Waals surface area contributed by atoms with Crippen LogP contribution < -0.4 is 10.5 Å². The molecule has 118 valence electrons. The number of hydrogen-bond donors (Lipinski definition) is 1. The molecule has 2 unspecified atom stereocenters. The number of nitrogens with zero attached hydrogens (tertiary/aromatic N) is 1. The number of benzene rings is 1. The third-order valence-electron chi connectivity index (χ3n) is 5.03. The van der Waals surface area contributed by atoms with Crippen molar-refractivity contribution in [1.82, 2.24) is 4.90 Å². The Labute approximate surface area is 133 Å². The van der Waals surface area contributed by atoms with Gasteiger partial charge < -0.3 is 10.5 Å². The van der Waals surface area contributed by atoms with Crippen LogP contribution in [0.4, 0.5) is 0 Å². The number of likely N-dealkylation sites (tertiary alicyclic amines) is 1. The van der Waals surface area contributed by atoms with Gasteiger partial charge in [-0.15, -0.1) is 0 Å². The third-order valence-corrected chi connectivity index (χ3v) is 5.26. The van der Waals surface area contributed by atoms with Crippen LogP contribution in [0.5, 0.6) is 5.75 Å². The number of nitrogens with two attached hydrogens (primary N) is 1. The van der Waals surface area contributed by atoms with Crippen molar-refractivity contribution in [1.29, 1.82) is 0 Å². The van der Waals surface area contributed by atoms with Gasteiger partial charge in [0.2, 0.25) is 0 Å². The lowest BCUT2D eigenvalue weighted by Gasteiger charge is -2.43. The zero-order valence-electron chi connectivity index (χ0n) is 13.4. The van der Waals surface area contributed by atoms with Crippen LogP contribution in [0, 0.1) is 0 Å². The van der Waals surface area contributed by atoms with Gasteiger partial charge >= 0.3 is 0 Å². The molecule has 1 heterocycles. The van der Waals surface area contributed by atoms with Crippen molar-refractivity contribution < 1.29 is 4.74 Å². The van der Waals surface area contributed by atoms with Gasteiger partial charge in [0.25, 0.3) is 0 Å². The van der Waals surface area contributed by atoms with E-state index in [1.165, 1.54) is 12.8 Å². The van der Waals surface area contributed by atoms with Gasteiger partial charge in [-0.2, -0.15) is 0 Å². The molecule has 0 bridgehead atoms. The molecular weight excluding hydrogens is 284 g/mol. The second-order valence-corrected chi connectivity index (χ2v) is 6.61. The Hall–Kier alpha value is -0.770. The van der Waals surface area contributed by atoms with Gasteiger partial charge in [0.15, 0.2) is 0 Å². The standard InChI is InChI=1S/C17H27ClN2O/c1-4-17(2,20-9-5-6-10-20)16(19)12-13-11-14(18)7-8-15(13)21-3/h7-8,11,16H,4-6,9-10,12,19H2,1-3H3. The van der Waals surface area contributed by atoms with Crippen LogP contribution in [0.3, 0.4) is 0 Å². The molecule has 0 saturated carbocycles. The monoisotopic (exact) mass is 310 g/mol. The maximum Gasteiger partial charge on any atom is 0.122 e. The van der Waals surface area contributed by atoms with Gasteiger partial charge in [-0.3, -0.25) is 4.90 Å². The molecule has 1 saturated heterocycles. The van der Waals surface area contributed by atoms with E-state index in [-0.39, 0.29) is 11.6 Å². The molecule has 0 radical (unpaired) electrons. The Kier molecular flexibility index (Phi) is 5.53. The maximum atomic E-state index is 6.61. The number of methoxy groups -OCH3 is 1. The Morgan fingerprint density at radius 2 is 2.05 bits per heavy atom. The van der Waals surface area contributed by atoms with Gasteiger partial charge in [-0.1, -0.05) is 18.5 Å². The second kappa shape index (κ2) is 6.99. The normalized spacial score (nSPS) is 20.2. The average Bonchev–Trinajstić information content (AvgIpc) is 3.01. The molecule has 1 aliphatic rings. The molecule has 21 heavy (non-hydrogen) atoms. The summed E-state index contributed by atoms with van der Waals surface area (Å²) in [7, 11) is 1.69. The van der Waals surface area contributed by atoms with Gasteiger partial charge in [0.1, 0.15) is 5.75 Å². The van der Waals surface area contributed by atoms with Gasteiger partial charge in [0, 0.05) is 16.6 Å². The van der Waals surface area contributed by atoms with Crippen LogP contribution in [0.2, 0.25) is 5.02 Å². The molecule has 0 spiro atoms. The lowest BCUT2D eigenvalue weighted by atomic mass is 9.84. The summed E-state index contributed by atoms with van der Waals surface area (Å²) in [5.41, 5.74) is 7.73. The molecule has 2 atom stereocenters. The second-order valence-electron chi connectivity index (χ2n) is 6.17. The van der Waals surface area contributed by atoms with Crippen molar-refractivity contribution in [3.05, 3.63) is 28.8 Å². The summed E-state index contributed by atoms with van der Waals surface area (Å²) in [6.07, 6.45) is 4.40. The number of hydrogen-bond acceptors (Lipinski definition) is 3. The van der Waals surface area contributed by atoms with Crippen molar-refractivity contribution in [2.24, 2.45) is 5.73 Å². The van der Waals surface area contributed by atoms with Crippen molar-refractivity contribution in [2.75, 3.05) is 20.2 Å². The summed E-state index contributed by atoms with van der Waals surface area (Å²) in [6, 6.07) is 5.81. The highest BCUT2D eigenvalue weighted by Gasteiger charge is 2.37. The van der Waals surface area contributed by atoms with E-state index in [2.05, 4.69) is 18.7 Å². The van der Waals surface area contributed by atoms with Gasteiger partial charge in [-0.25, -0.2) is 0 Å². The highest BCUT2D eigenvalue weighted by molar-refractivity contribution is 6.30. The molecule has 1 aromatic rings. The topological polar surface area (TPSA) is 38.5 Å². The number of ether oxygens (including phenoxy) is 1. The lowest BCUT2D eigenvalue weighted by Crippen LogP contribution is -2.57. The van der Waals surface area contributed by atoms with Crippen LogP contribution in [-0.4, -0.2) is 36.7 Å². The first kappa shape index (κ1) is 16.6.